The number of amides is 8. The number of hydrogen-bond donors (Lipinski definition) is 0. The van der Waals surface area contributed by atoms with Crippen LogP contribution in [0, 0.1) is 11.8 Å². The Kier molecular flexibility index (Phi) is 10.3. The molecule has 14 nitrogen and oxygen atoms in total. The molecule has 366 valence electrons. The molecule has 7 aromatic rings. The van der Waals surface area contributed by atoms with E-state index in [1.165, 1.54) is 9.80 Å². The average molecular weight is 983 g/mol. The third-order valence-corrected chi connectivity index (χ3v) is 15.9. The molecule has 4 aliphatic heterocycles. The highest BCUT2D eigenvalue weighted by Gasteiger charge is 2.45. The van der Waals surface area contributed by atoms with Crippen LogP contribution in [0.3, 0.4) is 0 Å². The molecule has 4 unspecified atom stereocenters. The number of benzene rings is 7. The Bertz CT molecular complexity index is 3340. The third-order valence-electron chi connectivity index (χ3n) is 15.9. The van der Waals surface area contributed by atoms with E-state index in [0.717, 1.165) is 61.2 Å². The summed E-state index contributed by atoms with van der Waals surface area (Å²) in [5, 5.41) is 1.33. The van der Waals surface area contributed by atoms with Gasteiger partial charge in [-0.2, -0.15) is 0 Å². The number of imide groups is 4. The molecule has 13 rings (SSSR count). The molecular formula is C60H46N4O10. The maximum absolute atomic E-state index is 14.2. The molecule has 0 N–H and O–H groups in total. The van der Waals surface area contributed by atoms with Crippen molar-refractivity contribution >= 4 is 80.2 Å². The predicted molar refractivity (Wildman–Crippen MR) is 273 cm³/mol. The van der Waals surface area contributed by atoms with E-state index in [1.807, 2.05) is 0 Å². The molecule has 14 heteroatoms. The van der Waals surface area contributed by atoms with Crippen molar-refractivity contribution in [1.82, 2.24) is 9.80 Å². The first-order valence-electron chi connectivity index (χ1n) is 25.2. The van der Waals surface area contributed by atoms with Crippen molar-refractivity contribution in [1.29, 1.82) is 0 Å². The smallest absolute Gasteiger partial charge is 0.265 e. The SMILES string of the molecule is CC1CCCC(N2C(=O)c3ccc4c5c(ccc(c35)C2=O)C(=O)N(c2ccc(Oc3cccc(Oc5ccc(N6C(=O)c7ccc8c9c(ccc(c79)C6=O)C(=O)N(C6CCCC(C)C6)C8=O)cc5)c3)cc2)C4=O)C1. The minimum atomic E-state index is -0.575. The normalized spacial score (nSPS) is 21.3. The molecule has 74 heavy (non-hydrogen) atoms. The summed E-state index contributed by atoms with van der Waals surface area (Å²) in [6.45, 7) is 4.27. The third kappa shape index (κ3) is 6.84. The molecule has 0 bridgehead atoms. The summed E-state index contributed by atoms with van der Waals surface area (Å²) >= 11 is 0. The fraction of sp³-hybridized carbons (Fsp3) is 0.233. The number of anilines is 2. The van der Waals surface area contributed by atoms with Gasteiger partial charge < -0.3 is 9.47 Å². The average Bonchev–Trinajstić information content (AvgIpc) is 3.39. The zero-order valence-electron chi connectivity index (χ0n) is 40.4. The van der Waals surface area contributed by atoms with E-state index in [0.29, 0.717) is 90.0 Å². The maximum atomic E-state index is 14.2. The van der Waals surface area contributed by atoms with Crippen LogP contribution in [0.25, 0.3) is 21.5 Å². The van der Waals surface area contributed by atoms with Crippen LogP contribution >= 0.6 is 0 Å². The van der Waals surface area contributed by atoms with Gasteiger partial charge in [-0.1, -0.05) is 45.6 Å². The van der Waals surface area contributed by atoms with Crippen molar-refractivity contribution in [2.24, 2.45) is 11.8 Å². The van der Waals surface area contributed by atoms with Gasteiger partial charge in [0.2, 0.25) is 0 Å². The fourth-order valence-corrected chi connectivity index (χ4v) is 12.4. The number of carbonyl (C=O) groups is 8. The molecule has 0 spiro atoms. The number of nitrogens with zero attached hydrogens (tertiary/aromatic N) is 4. The van der Waals surface area contributed by atoms with E-state index >= 15 is 0 Å². The number of hydrogen-bond acceptors (Lipinski definition) is 10. The lowest BCUT2D eigenvalue weighted by Crippen LogP contribution is -2.49. The fourth-order valence-electron chi connectivity index (χ4n) is 12.4. The van der Waals surface area contributed by atoms with Gasteiger partial charge in [-0.3, -0.25) is 48.2 Å². The Hall–Kier alpha value is -8.78. The predicted octanol–water partition coefficient (Wildman–Crippen LogP) is 11.5. The van der Waals surface area contributed by atoms with Gasteiger partial charge in [0, 0.05) is 84.2 Å². The highest BCUT2D eigenvalue weighted by molar-refractivity contribution is 6.40. The van der Waals surface area contributed by atoms with E-state index < -0.39 is 47.3 Å². The van der Waals surface area contributed by atoms with Gasteiger partial charge in [0.25, 0.3) is 47.3 Å². The van der Waals surface area contributed by atoms with Crippen LogP contribution in [0.15, 0.2) is 121 Å². The van der Waals surface area contributed by atoms with Crippen molar-refractivity contribution < 1.29 is 47.8 Å². The molecule has 6 aliphatic rings. The largest absolute Gasteiger partial charge is 0.457 e. The van der Waals surface area contributed by atoms with E-state index in [9.17, 15) is 38.4 Å². The van der Waals surface area contributed by atoms with Gasteiger partial charge >= 0.3 is 0 Å². The van der Waals surface area contributed by atoms with E-state index in [1.54, 1.807) is 121 Å². The summed E-state index contributed by atoms with van der Waals surface area (Å²) in [6, 6.07) is 32.1. The Morgan fingerprint density at radius 3 is 0.946 bits per heavy atom. The number of ether oxygens (including phenoxy) is 2. The summed E-state index contributed by atoms with van der Waals surface area (Å²) in [4.78, 5) is 117. The molecule has 4 heterocycles. The van der Waals surface area contributed by atoms with Crippen molar-refractivity contribution in [2.75, 3.05) is 9.80 Å². The van der Waals surface area contributed by atoms with Crippen LogP contribution in [0.5, 0.6) is 23.0 Å². The van der Waals surface area contributed by atoms with E-state index in [-0.39, 0.29) is 34.3 Å². The summed E-state index contributed by atoms with van der Waals surface area (Å²) in [7, 11) is 0. The lowest BCUT2D eigenvalue weighted by atomic mass is 9.82. The van der Waals surface area contributed by atoms with E-state index in [2.05, 4.69) is 13.8 Å². The second-order valence-corrected chi connectivity index (χ2v) is 20.5. The van der Waals surface area contributed by atoms with Gasteiger partial charge in [-0.15, -0.1) is 0 Å². The second-order valence-electron chi connectivity index (χ2n) is 20.5. The van der Waals surface area contributed by atoms with Gasteiger partial charge in [-0.25, -0.2) is 9.80 Å². The Labute approximate surface area is 424 Å². The van der Waals surface area contributed by atoms with Crippen molar-refractivity contribution in [2.45, 2.75) is 77.3 Å². The van der Waals surface area contributed by atoms with Crippen molar-refractivity contribution in [3.63, 3.8) is 0 Å². The summed E-state index contributed by atoms with van der Waals surface area (Å²) < 4.78 is 12.3. The standard InChI is InChI=1S/C60H46N4O10/c1-31-6-3-8-35(28-31)63-57(69)45-24-20-41-49-42(21-25-46(51(45)49)58(63)70)54(66)61(53(41)65)33-12-16-37(17-13-33)73-39-10-5-11-40(30-39)74-38-18-14-34(15-19-38)62-55(67)43-22-26-47-52-48(27-23-44(50(43)52)56(62)68)60(72)64(59(47)71)36-9-4-7-32(2)29-36/h5,10-27,30-32,35-36H,3-4,6-9,28-29H2,1-2H3. The van der Waals surface area contributed by atoms with E-state index in [4.69, 9.17) is 9.47 Å². The molecule has 8 amide bonds. The lowest BCUT2D eigenvalue weighted by Gasteiger charge is -2.38. The van der Waals surface area contributed by atoms with Gasteiger partial charge in [0.05, 0.1) is 11.4 Å². The molecule has 0 aromatic heterocycles. The summed E-state index contributed by atoms with van der Waals surface area (Å²) in [5.74, 6) is -1.43. The molecule has 0 radical (unpaired) electrons. The lowest BCUT2D eigenvalue weighted by molar-refractivity contribution is 0.0465. The first-order valence-corrected chi connectivity index (χ1v) is 25.2. The van der Waals surface area contributed by atoms with Crippen LogP contribution in [0.4, 0.5) is 11.4 Å². The second kappa shape index (κ2) is 16.9. The molecule has 4 atom stereocenters. The Morgan fingerprint density at radius 2 is 0.649 bits per heavy atom. The zero-order chi connectivity index (χ0) is 50.8. The molecule has 2 fully saturated rings. The quantitative estimate of drug-likeness (QED) is 0.134. The molecule has 7 aromatic carbocycles. The van der Waals surface area contributed by atoms with Crippen LogP contribution in [0.1, 0.15) is 148 Å². The van der Waals surface area contributed by atoms with Crippen molar-refractivity contribution in [3.05, 3.63) is 166 Å². The Morgan fingerprint density at radius 1 is 0.351 bits per heavy atom. The number of carbonyl (C=O) groups excluding carboxylic acids is 8. The first-order chi connectivity index (χ1) is 35.8. The molecule has 2 aliphatic carbocycles. The highest BCUT2D eigenvalue weighted by atomic mass is 16.5. The van der Waals surface area contributed by atoms with Gasteiger partial charge in [0.1, 0.15) is 23.0 Å². The van der Waals surface area contributed by atoms with Crippen LogP contribution in [0.2, 0.25) is 0 Å². The maximum Gasteiger partial charge on any atom is 0.265 e. The minimum Gasteiger partial charge on any atom is -0.457 e. The van der Waals surface area contributed by atoms with Crippen LogP contribution in [-0.2, 0) is 0 Å². The summed E-state index contributed by atoms with van der Waals surface area (Å²) in [6.07, 6.45) is 6.95. The topological polar surface area (TPSA) is 168 Å². The zero-order valence-corrected chi connectivity index (χ0v) is 40.4. The molecule has 0 saturated heterocycles. The van der Waals surface area contributed by atoms with Gasteiger partial charge in [-0.05, 0) is 147 Å². The number of rotatable bonds is 8. The summed E-state index contributed by atoms with van der Waals surface area (Å²) in [5.41, 5.74) is 2.77. The van der Waals surface area contributed by atoms with Crippen LogP contribution < -0.4 is 19.3 Å². The molecule has 2 saturated carbocycles. The highest BCUT2D eigenvalue weighted by Crippen LogP contribution is 2.44. The Balaban J connectivity index is 0.694. The minimum absolute atomic E-state index is 0.203. The van der Waals surface area contributed by atoms with Crippen molar-refractivity contribution in [3.8, 4) is 23.0 Å². The monoisotopic (exact) mass is 982 g/mol. The van der Waals surface area contributed by atoms with Gasteiger partial charge in [0.15, 0.2) is 0 Å². The first kappa shape index (κ1) is 45.1. The molecular weight excluding hydrogens is 937 g/mol. The van der Waals surface area contributed by atoms with Crippen LogP contribution in [-0.4, -0.2) is 69.1 Å².